The molecular formula is C14H14N2O7. The predicted molar refractivity (Wildman–Crippen MR) is 77.9 cm³/mol. The van der Waals surface area contributed by atoms with E-state index in [9.17, 15) is 25.0 Å². The van der Waals surface area contributed by atoms with Crippen molar-refractivity contribution in [3.63, 3.8) is 0 Å². The summed E-state index contributed by atoms with van der Waals surface area (Å²) in [6.07, 6.45) is 1.58. The highest BCUT2D eigenvalue weighted by Crippen LogP contribution is 2.36. The fourth-order valence-electron chi connectivity index (χ4n) is 2.24. The van der Waals surface area contributed by atoms with Gasteiger partial charge in [0.25, 0.3) is 5.69 Å². The van der Waals surface area contributed by atoms with Crippen molar-refractivity contribution in [1.29, 1.82) is 0 Å². The lowest BCUT2D eigenvalue weighted by Crippen LogP contribution is -2.09. The number of nitrogens with zero attached hydrogens (tertiary/aromatic N) is 2. The molecule has 0 saturated carbocycles. The molecule has 122 valence electrons. The van der Waals surface area contributed by atoms with Crippen molar-refractivity contribution < 1.29 is 24.1 Å². The summed E-state index contributed by atoms with van der Waals surface area (Å²) in [6.45, 7) is 1.89. The van der Waals surface area contributed by atoms with Gasteiger partial charge in [-0.2, -0.15) is 0 Å². The molecule has 0 atom stereocenters. The van der Waals surface area contributed by atoms with Crippen LogP contribution in [0.4, 0.5) is 11.4 Å². The minimum atomic E-state index is -0.762. The number of nitro benzene ring substituents is 2. The van der Waals surface area contributed by atoms with Crippen LogP contribution in [-0.4, -0.2) is 22.4 Å². The summed E-state index contributed by atoms with van der Waals surface area (Å²) >= 11 is 0. The zero-order valence-corrected chi connectivity index (χ0v) is 12.3. The number of benzene rings is 1. The lowest BCUT2D eigenvalue weighted by Gasteiger charge is -2.09. The SMILES string of the molecule is CCOC(=O)C1=C(Oc2ccc([N+](=O)[O-])cc2[N+](=O)[O-])CCC1. The zero-order chi connectivity index (χ0) is 17.0. The lowest BCUT2D eigenvalue weighted by molar-refractivity contribution is -0.394. The van der Waals surface area contributed by atoms with Crippen LogP contribution >= 0.6 is 0 Å². The Morgan fingerprint density at radius 2 is 1.96 bits per heavy atom. The number of ether oxygens (including phenoxy) is 2. The van der Waals surface area contributed by atoms with Crippen LogP contribution in [0.2, 0.25) is 0 Å². The standard InChI is InChI=1S/C14H14N2O7/c1-2-22-14(17)10-4-3-5-12(10)23-13-7-6-9(15(18)19)8-11(13)16(20)21/h6-8H,2-5H2,1H3. The normalized spacial score (nSPS) is 13.8. The number of hydrogen-bond donors (Lipinski definition) is 0. The number of allylic oxidation sites excluding steroid dienone is 1. The maximum atomic E-state index is 11.8. The molecule has 0 unspecified atom stereocenters. The second-order valence-electron chi connectivity index (χ2n) is 4.74. The number of carbonyl (C=O) groups excluding carboxylic acids is 1. The first-order chi connectivity index (χ1) is 10.9. The van der Waals surface area contributed by atoms with Gasteiger partial charge in [0.2, 0.25) is 5.75 Å². The van der Waals surface area contributed by atoms with Gasteiger partial charge < -0.3 is 9.47 Å². The van der Waals surface area contributed by atoms with Crippen LogP contribution in [0.5, 0.6) is 5.75 Å². The van der Waals surface area contributed by atoms with Gasteiger partial charge in [-0.25, -0.2) is 4.79 Å². The van der Waals surface area contributed by atoms with E-state index in [0.717, 1.165) is 18.2 Å². The Kier molecular flexibility index (Phi) is 4.89. The van der Waals surface area contributed by atoms with Crippen LogP contribution in [0.25, 0.3) is 0 Å². The largest absolute Gasteiger partial charge is 0.463 e. The van der Waals surface area contributed by atoms with Crippen molar-refractivity contribution in [3.05, 3.63) is 49.8 Å². The van der Waals surface area contributed by atoms with E-state index < -0.39 is 27.2 Å². The first-order valence-corrected chi connectivity index (χ1v) is 6.93. The first kappa shape index (κ1) is 16.4. The van der Waals surface area contributed by atoms with E-state index in [-0.39, 0.29) is 12.4 Å². The van der Waals surface area contributed by atoms with E-state index in [1.807, 2.05) is 0 Å². The van der Waals surface area contributed by atoms with Gasteiger partial charge in [-0.05, 0) is 25.8 Å². The molecule has 0 aliphatic heterocycles. The summed E-state index contributed by atoms with van der Waals surface area (Å²) in [5.74, 6) is -0.343. The second kappa shape index (κ2) is 6.86. The number of non-ortho nitro benzene ring substituents is 1. The molecule has 23 heavy (non-hydrogen) atoms. The Morgan fingerprint density at radius 3 is 2.57 bits per heavy atom. The fraction of sp³-hybridized carbons (Fsp3) is 0.357. The molecule has 0 spiro atoms. The van der Waals surface area contributed by atoms with Gasteiger partial charge in [-0.15, -0.1) is 0 Å². The molecule has 0 radical (unpaired) electrons. The molecule has 0 aromatic heterocycles. The van der Waals surface area contributed by atoms with Gasteiger partial charge in [-0.3, -0.25) is 20.2 Å². The topological polar surface area (TPSA) is 122 Å². The van der Waals surface area contributed by atoms with Crippen LogP contribution in [0.3, 0.4) is 0 Å². The predicted octanol–water partition coefficient (Wildman–Crippen LogP) is 2.88. The maximum absolute atomic E-state index is 11.8. The van der Waals surface area contributed by atoms with E-state index in [1.165, 1.54) is 0 Å². The molecule has 9 heteroatoms. The third kappa shape index (κ3) is 3.62. The number of hydrogen-bond acceptors (Lipinski definition) is 7. The third-order valence-electron chi connectivity index (χ3n) is 3.27. The maximum Gasteiger partial charge on any atom is 0.337 e. The quantitative estimate of drug-likeness (QED) is 0.448. The lowest BCUT2D eigenvalue weighted by atomic mass is 10.2. The van der Waals surface area contributed by atoms with Crippen LogP contribution in [0.15, 0.2) is 29.5 Å². The van der Waals surface area contributed by atoms with Crippen molar-refractivity contribution >= 4 is 17.3 Å². The summed E-state index contributed by atoms with van der Waals surface area (Å²) < 4.78 is 10.4. The number of rotatable bonds is 6. The Balaban J connectivity index is 2.35. The van der Waals surface area contributed by atoms with Crippen LogP contribution in [-0.2, 0) is 9.53 Å². The molecule has 9 nitrogen and oxygen atoms in total. The first-order valence-electron chi connectivity index (χ1n) is 6.93. The molecule has 1 aliphatic carbocycles. The molecule has 0 N–H and O–H groups in total. The Labute approximate surface area is 130 Å². The Morgan fingerprint density at radius 1 is 1.22 bits per heavy atom. The number of esters is 1. The van der Waals surface area contributed by atoms with Gasteiger partial charge in [0.15, 0.2) is 0 Å². The number of nitro groups is 2. The third-order valence-corrected chi connectivity index (χ3v) is 3.27. The average Bonchev–Trinajstić information content (AvgIpc) is 2.95. The van der Waals surface area contributed by atoms with Crippen LogP contribution in [0, 0.1) is 20.2 Å². The molecule has 1 aromatic rings. The molecule has 0 heterocycles. The number of carbonyl (C=O) groups is 1. The molecule has 0 bridgehead atoms. The monoisotopic (exact) mass is 322 g/mol. The minimum absolute atomic E-state index is 0.140. The van der Waals surface area contributed by atoms with Gasteiger partial charge in [0.05, 0.1) is 28.1 Å². The van der Waals surface area contributed by atoms with Crippen molar-refractivity contribution in [3.8, 4) is 5.75 Å². The molecule has 1 aliphatic rings. The summed E-state index contributed by atoms with van der Waals surface area (Å²) in [5.41, 5.74) is -0.587. The van der Waals surface area contributed by atoms with Gasteiger partial charge >= 0.3 is 11.7 Å². The van der Waals surface area contributed by atoms with Crippen LogP contribution in [0.1, 0.15) is 26.2 Å². The Bertz CT molecular complexity index is 696. The van der Waals surface area contributed by atoms with Gasteiger partial charge in [-0.1, -0.05) is 0 Å². The minimum Gasteiger partial charge on any atom is -0.463 e. The van der Waals surface area contributed by atoms with E-state index >= 15 is 0 Å². The summed E-state index contributed by atoms with van der Waals surface area (Å²) in [7, 11) is 0. The molecule has 0 amide bonds. The zero-order valence-electron chi connectivity index (χ0n) is 12.3. The van der Waals surface area contributed by atoms with Crippen LogP contribution < -0.4 is 4.74 Å². The van der Waals surface area contributed by atoms with E-state index in [1.54, 1.807) is 6.92 Å². The summed E-state index contributed by atoms with van der Waals surface area (Å²) in [4.78, 5) is 32.1. The van der Waals surface area contributed by atoms with Crippen molar-refractivity contribution in [1.82, 2.24) is 0 Å². The highest BCUT2D eigenvalue weighted by Gasteiger charge is 2.27. The molecular weight excluding hydrogens is 308 g/mol. The molecule has 0 fully saturated rings. The molecule has 1 aromatic carbocycles. The van der Waals surface area contributed by atoms with Gasteiger partial charge in [0, 0.05) is 12.5 Å². The Hall–Kier alpha value is -2.97. The smallest absolute Gasteiger partial charge is 0.337 e. The summed E-state index contributed by atoms with van der Waals surface area (Å²) in [6, 6.07) is 3.10. The highest BCUT2D eigenvalue weighted by atomic mass is 16.6. The fourth-order valence-corrected chi connectivity index (χ4v) is 2.24. The molecule has 2 rings (SSSR count). The van der Waals surface area contributed by atoms with Crippen molar-refractivity contribution in [2.45, 2.75) is 26.2 Å². The summed E-state index contributed by atoms with van der Waals surface area (Å²) in [5, 5.41) is 21.8. The van der Waals surface area contributed by atoms with E-state index in [4.69, 9.17) is 9.47 Å². The average molecular weight is 322 g/mol. The second-order valence-corrected chi connectivity index (χ2v) is 4.74. The van der Waals surface area contributed by atoms with Crippen molar-refractivity contribution in [2.24, 2.45) is 0 Å². The van der Waals surface area contributed by atoms with Gasteiger partial charge in [0.1, 0.15) is 5.76 Å². The van der Waals surface area contributed by atoms with E-state index in [0.29, 0.717) is 30.6 Å². The van der Waals surface area contributed by atoms with Crippen molar-refractivity contribution in [2.75, 3.05) is 6.61 Å². The van der Waals surface area contributed by atoms with E-state index in [2.05, 4.69) is 0 Å². The highest BCUT2D eigenvalue weighted by molar-refractivity contribution is 5.89. The molecule has 0 saturated heterocycles.